The number of nitrogens with one attached hydrogen (secondary N) is 1. The number of cyclic esters (lactones) is 1. The van der Waals surface area contributed by atoms with Crippen molar-refractivity contribution in [3.8, 4) is 11.5 Å². The molecule has 0 fully saturated rings. The second-order valence-electron chi connectivity index (χ2n) is 10.8. The third-order valence-electron chi connectivity index (χ3n) is 7.64. The molecule has 1 unspecified atom stereocenters. The van der Waals surface area contributed by atoms with Crippen molar-refractivity contribution in [2.45, 2.75) is 51.7 Å². The molecule has 1 aliphatic rings. The van der Waals surface area contributed by atoms with E-state index < -0.39 is 30.4 Å². The molecule has 0 spiro atoms. The summed E-state index contributed by atoms with van der Waals surface area (Å²) in [6.45, 7) is 4.18. The highest BCUT2D eigenvalue weighted by molar-refractivity contribution is 7.00. The summed E-state index contributed by atoms with van der Waals surface area (Å²) in [6, 6.07) is 19.6. The maximum absolute atomic E-state index is 13.9. The molecule has 11 nitrogen and oxygen atoms in total. The number of methoxy groups -OCH3 is 1. The number of carbonyl (C=O) groups excluding carboxylic acids is 3. The molecule has 0 bridgehead atoms. The number of unbranched alkanes of at least 4 members (excludes halogenated alkanes) is 3. The molecule has 0 radical (unpaired) electrons. The predicted molar refractivity (Wildman–Crippen MR) is 176 cm³/mol. The van der Waals surface area contributed by atoms with E-state index in [-0.39, 0.29) is 18.6 Å². The lowest BCUT2D eigenvalue weighted by Gasteiger charge is -2.31. The Morgan fingerprint density at radius 1 is 0.915 bits per heavy atom. The van der Waals surface area contributed by atoms with Gasteiger partial charge in [0.25, 0.3) is 0 Å². The Hall–Kier alpha value is -4.97. The number of benzene rings is 3. The molecule has 246 valence electrons. The zero-order valence-electron chi connectivity index (χ0n) is 26.6. The number of hydrogen-bond acceptors (Lipinski definition) is 11. The van der Waals surface area contributed by atoms with Crippen molar-refractivity contribution in [1.29, 1.82) is 0 Å². The van der Waals surface area contributed by atoms with Gasteiger partial charge < -0.3 is 29.0 Å². The molecule has 1 aliphatic heterocycles. The normalized spacial score (nSPS) is 15.8. The summed E-state index contributed by atoms with van der Waals surface area (Å²) in [5.41, 5.74) is 3.63. The van der Waals surface area contributed by atoms with Crippen LogP contribution >= 0.6 is 11.7 Å². The molecule has 1 atom stereocenters. The quantitative estimate of drug-likeness (QED) is 0.114. The number of hydrogen-bond donors (Lipinski definition) is 1. The van der Waals surface area contributed by atoms with Crippen LogP contribution < -0.4 is 14.8 Å². The van der Waals surface area contributed by atoms with Gasteiger partial charge in [-0.3, -0.25) is 4.79 Å². The topological polar surface area (TPSA) is 135 Å². The summed E-state index contributed by atoms with van der Waals surface area (Å²) in [5, 5.41) is 2.42. The zero-order chi connectivity index (χ0) is 33.2. The predicted octanol–water partition coefficient (Wildman–Crippen LogP) is 6.35. The Kier molecular flexibility index (Phi) is 11.0. The first kappa shape index (κ1) is 33.4. The maximum Gasteiger partial charge on any atom is 0.411 e. The molecule has 12 heteroatoms. The van der Waals surface area contributed by atoms with Crippen LogP contribution in [0.1, 0.15) is 56.2 Å². The van der Waals surface area contributed by atoms with Gasteiger partial charge in [0.05, 0.1) is 37.6 Å². The third-order valence-corrected chi connectivity index (χ3v) is 8.20. The van der Waals surface area contributed by atoms with Crippen LogP contribution in [0.4, 0.5) is 4.79 Å². The smallest absolute Gasteiger partial charge is 0.411 e. The SMILES string of the molecule is CCCCCCOc1ccc(CC2=C(c3ccc4nsnc4c3)C(=O)OC2(OC(=O)NCC(=O)OCC)c2ccc(OC)cc2)cc1. The number of ether oxygens (including phenoxy) is 5. The Labute approximate surface area is 277 Å². The molecule has 1 amide bonds. The fourth-order valence-corrected chi connectivity index (χ4v) is 5.82. The van der Waals surface area contributed by atoms with E-state index in [1.54, 1.807) is 49.4 Å². The van der Waals surface area contributed by atoms with Gasteiger partial charge in [0, 0.05) is 17.6 Å². The Morgan fingerprint density at radius 3 is 2.38 bits per heavy atom. The van der Waals surface area contributed by atoms with Gasteiger partial charge >= 0.3 is 23.8 Å². The highest BCUT2D eigenvalue weighted by Crippen LogP contribution is 2.48. The second-order valence-corrected chi connectivity index (χ2v) is 11.4. The van der Waals surface area contributed by atoms with E-state index in [0.717, 1.165) is 42.3 Å². The highest BCUT2D eigenvalue weighted by atomic mass is 32.1. The number of rotatable bonds is 15. The molecule has 5 rings (SSSR count). The van der Waals surface area contributed by atoms with Gasteiger partial charge in [-0.05, 0) is 73.0 Å². The third kappa shape index (κ3) is 7.89. The number of aromatic nitrogens is 2. The van der Waals surface area contributed by atoms with Crippen LogP contribution in [0.2, 0.25) is 0 Å². The van der Waals surface area contributed by atoms with Gasteiger partial charge in [-0.25, -0.2) is 9.59 Å². The molecule has 0 saturated carbocycles. The molecule has 2 heterocycles. The summed E-state index contributed by atoms with van der Waals surface area (Å²) in [6.07, 6.45) is 3.61. The van der Waals surface area contributed by atoms with E-state index in [2.05, 4.69) is 21.0 Å². The number of esters is 2. The standard InChI is InChI=1S/C35H37N3O8S/c1-4-6-7-8-19-44-27-14-9-23(10-15-27)20-28-32(24-11-18-29-30(21-24)38-47-37-29)33(40)45-35(28,25-12-16-26(42-3)17-13-25)46-34(41)36-22-31(39)43-5-2/h9-18,21H,4-8,19-20,22H2,1-3H3,(H,36,41). The van der Waals surface area contributed by atoms with E-state index in [1.807, 2.05) is 24.3 Å². The van der Waals surface area contributed by atoms with E-state index in [4.69, 9.17) is 23.7 Å². The van der Waals surface area contributed by atoms with Crippen LogP contribution in [0.25, 0.3) is 16.6 Å². The lowest BCUT2D eigenvalue weighted by atomic mass is 9.87. The molecule has 0 saturated heterocycles. The first-order valence-electron chi connectivity index (χ1n) is 15.5. The summed E-state index contributed by atoms with van der Waals surface area (Å²) in [5.74, 6) is -2.03. The van der Waals surface area contributed by atoms with Gasteiger partial charge in [0.2, 0.25) is 0 Å². The highest BCUT2D eigenvalue weighted by Gasteiger charge is 2.53. The van der Waals surface area contributed by atoms with Crippen molar-refractivity contribution in [2.24, 2.45) is 0 Å². The number of alkyl carbamates (subject to hydrolysis) is 1. The van der Waals surface area contributed by atoms with E-state index in [9.17, 15) is 14.4 Å². The minimum atomic E-state index is -1.98. The van der Waals surface area contributed by atoms with Crippen LogP contribution in [0.5, 0.6) is 11.5 Å². The largest absolute Gasteiger partial charge is 0.497 e. The van der Waals surface area contributed by atoms with Gasteiger partial charge in [-0.1, -0.05) is 44.4 Å². The van der Waals surface area contributed by atoms with Gasteiger partial charge in [-0.2, -0.15) is 8.75 Å². The molecule has 3 aromatic carbocycles. The number of fused-ring (bicyclic) bond motifs is 1. The van der Waals surface area contributed by atoms with Crippen LogP contribution in [-0.4, -0.2) is 53.6 Å². The summed E-state index contributed by atoms with van der Waals surface area (Å²) < 4.78 is 36.9. The van der Waals surface area contributed by atoms with Crippen molar-refractivity contribution in [1.82, 2.24) is 14.1 Å². The fourth-order valence-electron chi connectivity index (χ4n) is 5.30. The number of amides is 1. The van der Waals surface area contributed by atoms with Crippen molar-refractivity contribution in [2.75, 3.05) is 26.9 Å². The summed E-state index contributed by atoms with van der Waals surface area (Å²) in [7, 11) is 1.53. The van der Waals surface area contributed by atoms with Gasteiger partial charge in [0.1, 0.15) is 29.1 Å². The van der Waals surface area contributed by atoms with Crippen molar-refractivity contribution in [3.05, 3.63) is 89.0 Å². The van der Waals surface area contributed by atoms with Crippen LogP contribution in [0.15, 0.2) is 72.3 Å². The minimum absolute atomic E-state index is 0.154. The first-order chi connectivity index (χ1) is 22.9. The average Bonchev–Trinajstić information content (AvgIpc) is 3.66. The zero-order valence-corrected chi connectivity index (χ0v) is 27.4. The molecule has 47 heavy (non-hydrogen) atoms. The maximum atomic E-state index is 13.9. The summed E-state index contributed by atoms with van der Waals surface area (Å²) >= 11 is 1.07. The lowest BCUT2D eigenvalue weighted by molar-refractivity contribution is -0.185. The van der Waals surface area contributed by atoms with Crippen molar-refractivity contribution in [3.63, 3.8) is 0 Å². The Morgan fingerprint density at radius 2 is 1.66 bits per heavy atom. The first-order valence-corrected chi connectivity index (χ1v) is 16.3. The monoisotopic (exact) mass is 659 g/mol. The second kappa shape index (κ2) is 15.5. The van der Waals surface area contributed by atoms with Crippen molar-refractivity contribution < 1.29 is 38.1 Å². The molecular formula is C35H37N3O8S. The van der Waals surface area contributed by atoms with Crippen LogP contribution in [0, 0.1) is 0 Å². The molecule has 1 N–H and O–H groups in total. The molecule has 0 aliphatic carbocycles. The van der Waals surface area contributed by atoms with Gasteiger partial charge in [-0.15, -0.1) is 0 Å². The van der Waals surface area contributed by atoms with E-state index in [1.165, 1.54) is 13.5 Å². The average molecular weight is 660 g/mol. The molecule has 1 aromatic heterocycles. The van der Waals surface area contributed by atoms with Gasteiger partial charge in [0.15, 0.2) is 0 Å². The molecule has 4 aromatic rings. The lowest BCUT2D eigenvalue weighted by Crippen LogP contribution is -2.41. The van der Waals surface area contributed by atoms with E-state index >= 15 is 0 Å². The number of nitrogens with zero attached hydrogens (tertiary/aromatic N) is 2. The Balaban J connectivity index is 1.56. The minimum Gasteiger partial charge on any atom is -0.497 e. The van der Waals surface area contributed by atoms with Crippen LogP contribution in [-0.2, 0) is 36.0 Å². The number of carbonyl (C=O) groups is 3. The summed E-state index contributed by atoms with van der Waals surface area (Å²) in [4.78, 5) is 39.2. The van der Waals surface area contributed by atoms with E-state index in [0.29, 0.717) is 40.1 Å². The Bertz CT molecular complexity index is 1740. The molecular weight excluding hydrogens is 622 g/mol. The fraction of sp³-hybridized carbons (Fsp3) is 0.343. The van der Waals surface area contributed by atoms with Crippen LogP contribution in [0.3, 0.4) is 0 Å². The van der Waals surface area contributed by atoms with Crippen molar-refractivity contribution >= 4 is 46.4 Å².